The minimum absolute atomic E-state index is 0.239. The lowest BCUT2D eigenvalue weighted by Crippen LogP contribution is -2.20. The fraction of sp³-hybridized carbons (Fsp3) is 0.179. The SMILES string of the molecule is CN(C)CCCc1cc(C(=O)Nc2ccccc2C(=O)Nc2ccccn2)nc(-c2ccccc2)n1. The van der Waals surface area contributed by atoms with Crippen LogP contribution in [0, 0.1) is 0 Å². The number of hydrogen-bond donors (Lipinski definition) is 2. The standard InChI is InChI=1S/C28H28N6O2/c1-34(2)18-10-13-21-19-24(31-26(30-21)20-11-4-3-5-12-20)28(36)32-23-15-7-6-14-22(23)27(35)33-25-16-8-9-17-29-25/h3-9,11-12,14-17,19H,10,13,18H2,1-2H3,(H,32,36)(H,29,33,35). The molecule has 0 bridgehead atoms. The average molecular weight is 481 g/mol. The second-order valence-electron chi connectivity index (χ2n) is 8.51. The molecule has 0 saturated heterocycles. The maximum absolute atomic E-state index is 13.3. The number of rotatable bonds is 9. The van der Waals surface area contributed by atoms with Crippen molar-refractivity contribution in [2.45, 2.75) is 12.8 Å². The lowest BCUT2D eigenvalue weighted by molar-refractivity contribution is 0.102. The van der Waals surface area contributed by atoms with Gasteiger partial charge in [-0.25, -0.2) is 15.0 Å². The first-order chi connectivity index (χ1) is 17.5. The molecule has 0 atom stereocenters. The minimum Gasteiger partial charge on any atom is -0.320 e. The second kappa shape index (κ2) is 11.8. The van der Waals surface area contributed by atoms with Crippen molar-refractivity contribution >= 4 is 23.3 Å². The molecule has 0 unspecified atom stereocenters. The molecule has 0 aliphatic rings. The van der Waals surface area contributed by atoms with Gasteiger partial charge in [-0.2, -0.15) is 0 Å². The number of aryl methyl sites for hydroxylation is 1. The molecule has 0 radical (unpaired) electrons. The normalized spacial score (nSPS) is 10.8. The first kappa shape index (κ1) is 24.7. The van der Waals surface area contributed by atoms with Crippen LogP contribution < -0.4 is 10.6 Å². The smallest absolute Gasteiger partial charge is 0.274 e. The Balaban J connectivity index is 1.59. The van der Waals surface area contributed by atoms with E-state index in [-0.39, 0.29) is 11.6 Å². The lowest BCUT2D eigenvalue weighted by atomic mass is 10.1. The van der Waals surface area contributed by atoms with Crippen LogP contribution in [-0.4, -0.2) is 52.3 Å². The molecular formula is C28H28N6O2. The highest BCUT2D eigenvalue weighted by Gasteiger charge is 2.17. The third-order valence-electron chi connectivity index (χ3n) is 5.41. The molecule has 2 amide bonds. The fourth-order valence-electron chi connectivity index (χ4n) is 3.63. The van der Waals surface area contributed by atoms with Crippen LogP contribution in [0.4, 0.5) is 11.5 Å². The van der Waals surface area contributed by atoms with E-state index in [1.54, 1.807) is 54.7 Å². The first-order valence-corrected chi connectivity index (χ1v) is 11.7. The van der Waals surface area contributed by atoms with Gasteiger partial charge in [0.1, 0.15) is 11.5 Å². The average Bonchev–Trinajstić information content (AvgIpc) is 2.89. The zero-order valence-corrected chi connectivity index (χ0v) is 20.3. The Morgan fingerprint density at radius 3 is 2.33 bits per heavy atom. The molecule has 0 fully saturated rings. The quantitative estimate of drug-likeness (QED) is 0.365. The fourth-order valence-corrected chi connectivity index (χ4v) is 3.63. The van der Waals surface area contributed by atoms with Crippen LogP contribution in [-0.2, 0) is 6.42 Å². The van der Waals surface area contributed by atoms with Crippen LogP contribution in [0.15, 0.2) is 85.1 Å². The maximum Gasteiger partial charge on any atom is 0.274 e. The van der Waals surface area contributed by atoms with Gasteiger partial charge in [-0.3, -0.25) is 9.59 Å². The monoisotopic (exact) mass is 480 g/mol. The van der Waals surface area contributed by atoms with Gasteiger partial charge >= 0.3 is 0 Å². The summed E-state index contributed by atoms with van der Waals surface area (Å²) < 4.78 is 0. The number of carbonyl (C=O) groups excluding carboxylic acids is 2. The second-order valence-corrected chi connectivity index (χ2v) is 8.51. The van der Waals surface area contributed by atoms with Crippen molar-refractivity contribution in [3.63, 3.8) is 0 Å². The highest BCUT2D eigenvalue weighted by molar-refractivity contribution is 6.12. The van der Waals surface area contributed by atoms with Gasteiger partial charge in [0.05, 0.1) is 11.3 Å². The van der Waals surface area contributed by atoms with Crippen LogP contribution in [0.25, 0.3) is 11.4 Å². The van der Waals surface area contributed by atoms with Gasteiger partial charge < -0.3 is 15.5 Å². The summed E-state index contributed by atoms with van der Waals surface area (Å²) in [5, 5.41) is 5.61. The number of amides is 2. The predicted octanol–water partition coefficient (Wildman–Crippen LogP) is 4.54. The van der Waals surface area contributed by atoms with Crippen molar-refractivity contribution in [3.05, 3.63) is 102 Å². The van der Waals surface area contributed by atoms with Crippen LogP contribution in [0.5, 0.6) is 0 Å². The van der Waals surface area contributed by atoms with Gasteiger partial charge in [-0.15, -0.1) is 0 Å². The Bertz CT molecular complexity index is 1330. The van der Waals surface area contributed by atoms with Crippen LogP contribution in [0.1, 0.15) is 33.0 Å². The van der Waals surface area contributed by atoms with Crippen molar-refractivity contribution in [2.24, 2.45) is 0 Å². The summed E-state index contributed by atoms with van der Waals surface area (Å²) in [6, 6.07) is 23.4. The van der Waals surface area contributed by atoms with Crippen LogP contribution in [0.3, 0.4) is 0 Å². The van der Waals surface area contributed by atoms with Gasteiger partial charge in [-0.05, 0) is 63.8 Å². The lowest BCUT2D eigenvalue weighted by Gasteiger charge is -2.13. The van der Waals surface area contributed by atoms with E-state index in [0.717, 1.165) is 24.2 Å². The zero-order valence-electron chi connectivity index (χ0n) is 20.3. The molecule has 2 aromatic heterocycles. The summed E-state index contributed by atoms with van der Waals surface area (Å²) in [7, 11) is 4.05. The number of benzene rings is 2. The molecule has 0 saturated carbocycles. The highest BCUT2D eigenvalue weighted by Crippen LogP contribution is 2.20. The molecular weight excluding hydrogens is 452 g/mol. The number of nitrogens with zero attached hydrogens (tertiary/aromatic N) is 4. The number of carbonyl (C=O) groups is 2. The first-order valence-electron chi connectivity index (χ1n) is 11.7. The summed E-state index contributed by atoms with van der Waals surface area (Å²) in [5.41, 5.74) is 2.56. The Labute approximate surface area is 210 Å². The van der Waals surface area contributed by atoms with E-state index in [1.165, 1.54) is 0 Å². The van der Waals surface area contributed by atoms with Crippen LogP contribution in [0.2, 0.25) is 0 Å². The van der Waals surface area contributed by atoms with E-state index < -0.39 is 5.91 Å². The molecule has 8 heteroatoms. The van der Waals surface area contributed by atoms with E-state index in [9.17, 15) is 9.59 Å². The number of pyridine rings is 1. The highest BCUT2D eigenvalue weighted by atomic mass is 16.2. The summed E-state index contributed by atoms with van der Waals surface area (Å²) in [6.07, 6.45) is 3.21. The molecule has 8 nitrogen and oxygen atoms in total. The molecule has 36 heavy (non-hydrogen) atoms. The molecule has 2 N–H and O–H groups in total. The number of aromatic nitrogens is 3. The van der Waals surface area contributed by atoms with Crippen molar-refractivity contribution in [1.82, 2.24) is 19.9 Å². The minimum atomic E-state index is -0.415. The summed E-state index contributed by atoms with van der Waals surface area (Å²) in [5.74, 6) is 0.127. The molecule has 182 valence electrons. The summed E-state index contributed by atoms with van der Waals surface area (Å²) >= 11 is 0. The number of hydrogen-bond acceptors (Lipinski definition) is 6. The van der Waals surface area contributed by atoms with Gasteiger partial charge in [0.15, 0.2) is 5.82 Å². The molecule has 0 aliphatic carbocycles. The van der Waals surface area contributed by atoms with E-state index >= 15 is 0 Å². The van der Waals surface area contributed by atoms with Crippen molar-refractivity contribution in [3.8, 4) is 11.4 Å². The van der Waals surface area contributed by atoms with Gasteiger partial charge in [0, 0.05) is 17.5 Å². The van der Waals surface area contributed by atoms with E-state index in [1.807, 2.05) is 44.4 Å². The molecule has 4 rings (SSSR count). The summed E-state index contributed by atoms with van der Waals surface area (Å²) in [4.78, 5) is 41.7. The third kappa shape index (κ3) is 6.58. The number of anilines is 2. The number of para-hydroxylation sites is 1. The van der Waals surface area contributed by atoms with Gasteiger partial charge in [0.25, 0.3) is 11.8 Å². The Morgan fingerprint density at radius 1 is 0.833 bits per heavy atom. The Hall–Kier alpha value is -4.43. The zero-order chi connectivity index (χ0) is 25.3. The van der Waals surface area contributed by atoms with Crippen molar-refractivity contribution in [1.29, 1.82) is 0 Å². The van der Waals surface area contributed by atoms with Gasteiger partial charge in [0.2, 0.25) is 0 Å². The number of nitrogens with one attached hydrogen (secondary N) is 2. The van der Waals surface area contributed by atoms with Crippen LogP contribution >= 0.6 is 0 Å². The molecule has 0 spiro atoms. The van der Waals surface area contributed by atoms with Gasteiger partial charge in [-0.1, -0.05) is 48.5 Å². The summed E-state index contributed by atoms with van der Waals surface area (Å²) in [6.45, 7) is 0.908. The van der Waals surface area contributed by atoms with E-state index in [4.69, 9.17) is 4.98 Å². The maximum atomic E-state index is 13.3. The van der Waals surface area contributed by atoms with Crippen molar-refractivity contribution in [2.75, 3.05) is 31.3 Å². The molecule has 0 aliphatic heterocycles. The molecule has 4 aromatic rings. The molecule has 2 heterocycles. The molecule has 2 aromatic carbocycles. The third-order valence-corrected chi connectivity index (χ3v) is 5.41. The van der Waals surface area contributed by atoms with Crippen molar-refractivity contribution < 1.29 is 9.59 Å². The van der Waals surface area contributed by atoms with E-state index in [0.29, 0.717) is 29.3 Å². The Morgan fingerprint density at radius 2 is 1.58 bits per heavy atom. The largest absolute Gasteiger partial charge is 0.320 e. The topological polar surface area (TPSA) is 100 Å². The Kier molecular flexibility index (Phi) is 8.10. The predicted molar refractivity (Wildman–Crippen MR) is 141 cm³/mol. The van der Waals surface area contributed by atoms with E-state index in [2.05, 4.69) is 25.5 Å².